The molecule has 2 rings (SSSR count). The zero-order valence-corrected chi connectivity index (χ0v) is 21.6. The number of halogens is 3. The summed E-state index contributed by atoms with van der Waals surface area (Å²) >= 11 is 12.3. The Balaban J connectivity index is 2.47. The van der Waals surface area contributed by atoms with Crippen LogP contribution in [0.1, 0.15) is 32.3 Å². The van der Waals surface area contributed by atoms with Crippen molar-refractivity contribution in [2.45, 2.75) is 39.3 Å². The lowest BCUT2D eigenvalue weighted by Gasteiger charge is -2.33. The second kappa shape index (κ2) is 12.4. The van der Waals surface area contributed by atoms with Gasteiger partial charge in [0.1, 0.15) is 18.4 Å². The van der Waals surface area contributed by atoms with E-state index in [1.807, 2.05) is 6.92 Å². The molecule has 0 aromatic heterocycles. The largest absolute Gasteiger partial charge is 0.354 e. The molecule has 0 saturated carbocycles. The average Bonchev–Trinajstić information content (AvgIpc) is 2.77. The smallest absolute Gasteiger partial charge is 0.244 e. The summed E-state index contributed by atoms with van der Waals surface area (Å²) in [6.07, 6.45) is 1.86. The lowest BCUT2D eigenvalue weighted by atomic mass is 10.1. The molecule has 0 aliphatic rings. The van der Waals surface area contributed by atoms with Crippen LogP contribution in [0.2, 0.25) is 10.0 Å². The first-order valence-corrected chi connectivity index (χ1v) is 13.3. The summed E-state index contributed by atoms with van der Waals surface area (Å²) in [6, 6.07) is 9.12. The number of anilines is 1. The summed E-state index contributed by atoms with van der Waals surface area (Å²) in [5.74, 6) is -1.85. The van der Waals surface area contributed by atoms with E-state index in [9.17, 15) is 22.4 Å². The van der Waals surface area contributed by atoms with Gasteiger partial charge in [-0.15, -0.1) is 0 Å². The zero-order valence-electron chi connectivity index (χ0n) is 19.2. The Bertz CT molecular complexity index is 1130. The van der Waals surface area contributed by atoms with Crippen molar-refractivity contribution < 1.29 is 22.4 Å². The van der Waals surface area contributed by atoms with Crippen LogP contribution in [0, 0.1) is 5.82 Å². The number of sulfonamides is 1. The lowest BCUT2D eigenvalue weighted by molar-refractivity contribution is -0.140. The Morgan fingerprint density at radius 2 is 1.79 bits per heavy atom. The summed E-state index contributed by atoms with van der Waals surface area (Å²) in [6.45, 7) is 3.30. The number of nitrogens with one attached hydrogen (secondary N) is 1. The topological polar surface area (TPSA) is 86.8 Å². The van der Waals surface area contributed by atoms with Crippen LogP contribution in [0.15, 0.2) is 42.5 Å². The number of benzene rings is 2. The van der Waals surface area contributed by atoms with Gasteiger partial charge < -0.3 is 10.2 Å². The van der Waals surface area contributed by atoms with Crippen LogP contribution < -0.4 is 9.62 Å². The molecule has 34 heavy (non-hydrogen) atoms. The molecule has 1 unspecified atom stereocenters. The molecule has 0 bridgehead atoms. The number of hydrogen-bond acceptors (Lipinski definition) is 4. The minimum absolute atomic E-state index is 0.0677. The molecule has 7 nitrogen and oxygen atoms in total. The van der Waals surface area contributed by atoms with Crippen molar-refractivity contribution in [2.75, 3.05) is 23.7 Å². The van der Waals surface area contributed by atoms with Crippen molar-refractivity contribution in [3.8, 4) is 0 Å². The molecule has 11 heteroatoms. The molecule has 0 aliphatic heterocycles. The Morgan fingerprint density at radius 1 is 1.12 bits per heavy atom. The van der Waals surface area contributed by atoms with Crippen molar-refractivity contribution in [3.05, 3.63) is 63.9 Å². The Hall–Kier alpha value is -2.36. The molecular weight excluding hydrogens is 504 g/mol. The maximum absolute atomic E-state index is 14.4. The van der Waals surface area contributed by atoms with Gasteiger partial charge in [-0.1, -0.05) is 55.2 Å². The maximum Gasteiger partial charge on any atom is 0.244 e. The molecule has 0 heterocycles. The normalized spacial score (nSPS) is 12.2. The van der Waals surface area contributed by atoms with E-state index in [0.29, 0.717) is 32.9 Å². The second-order valence-electron chi connectivity index (χ2n) is 7.69. The first-order chi connectivity index (χ1) is 16.0. The Morgan fingerprint density at radius 3 is 2.35 bits per heavy atom. The molecule has 2 aromatic carbocycles. The van der Waals surface area contributed by atoms with Crippen LogP contribution in [-0.2, 0) is 26.2 Å². The van der Waals surface area contributed by atoms with Crippen molar-refractivity contribution in [2.24, 2.45) is 0 Å². The first-order valence-electron chi connectivity index (χ1n) is 10.7. The highest BCUT2D eigenvalue weighted by atomic mass is 35.5. The van der Waals surface area contributed by atoms with E-state index in [0.717, 1.165) is 12.3 Å². The van der Waals surface area contributed by atoms with Gasteiger partial charge in [0.2, 0.25) is 21.8 Å². The van der Waals surface area contributed by atoms with Crippen molar-refractivity contribution in [3.63, 3.8) is 0 Å². The Labute approximate surface area is 209 Å². The van der Waals surface area contributed by atoms with Gasteiger partial charge in [0, 0.05) is 23.1 Å². The van der Waals surface area contributed by atoms with Crippen molar-refractivity contribution in [1.82, 2.24) is 10.2 Å². The van der Waals surface area contributed by atoms with E-state index in [4.69, 9.17) is 23.2 Å². The third-order valence-corrected chi connectivity index (χ3v) is 6.80. The van der Waals surface area contributed by atoms with E-state index in [-0.39, 0.29) is 24.6 Å². The highest BCUT2D eigenvalue weighted by molar-refractivity contribution is 7.92. The summed E-state index contributed by atoms with van der Waals surface area (Å²) in [5, 5.41) is 3.47. The van der Waals surface area contributed by atoms with Gasteiger partial charge in [0.15, 0.2) is 0 Å². The number of hydrogen-bond donors (Lipinski definition) is 1. The predicted molar refractivity (Wildman–Crippen MR) is 133 cm³/mol. The third kappa shape index (κ3) is 7.32. The minimum Gasteiger partial charge on any atom is -0.354 e. The van der Waals surface area contributed by atoms with Crippen LogP contribution in [0.4, 0.5) is 10.1 Å². The molecule has 0 fully saturated rings. The van der Waals surface area contributed by atoms with Crippen molar-refractivity contribution >= 4 is 50.7 Å². The third-order valence-electron chi connectivity index (χ3n) is 5.09. The summed E-state index contributed by atoms with van der Waals surface area (Å²) in [5.41, 5.74) is 0.268. The monoisotopic (exact) mass is 531 g/mol. The second-order valence-corrected chi connectivity index (χ2v) is 10.4. The number of carbonyl (C=O) groups excluding carboxylic acids is 2. The number of nitrogens with zero attached hydrogens (tertiary/aromatic N) is 2. The summed E-state index contributed by atoms with van der Waals surface area (Å²) in [7, 11) is -4.02. The fraction of sp³-hybridized carbons (Fsp3) is 0.391. The number of para-hydroxylation sites is 1. The molecule has 0 spiro atoms. The van der Waals surface area contributed by atoms with Crippen LogP contribution in [-0.4, -0.2) is 50.5 Å². The zero-order chi connectivity index (χ0) is 25.5. The van der Waals surface area contributed by atoms with Gasteiger partial charge in [0.25, 0.3) is 0 Å². The highest BCUT2D eigenvalue weighted by Gasteiger charge is 2.32. The molecule has 2 amide bonds. The highest BCUT2D eigenvalue weighted by Crippen LogP contribution is 2.25. The fourth-order valence-electron chi connectivity index (χ4n) is 3.37. The molecule has 0 saturated heterocycles. The van der Waals surface area contributed by atoms with Gasteiger partial charge >= 0.3 is 0 Å². The molecule has 0 radical (unpaired) electrons. The fourth-order valence-corrected chi connectivity index (χ4v) is 4.69. The summed E-state index contributed by atoms with van der Waals surface area (Å²) < 4.78 is 40.1. The molecular formula is C23H28Cl2FN3O4S. The molecule has 2 aromatic rings. The van der Waals surface area contributed by atoms with Crippen LogP contribution >= 0.6 is 23.2 Å². The Kier molecular flexibility index (Phi) is 10.1. The van der Waals surface area contributed by atoms with E-state index in [2.05, 4.69) is 5.32 Å². The van der Waals surface area contributed by atoms with E-state index in [1.165, 1.54) is 29.2 Å². The standard InChI is InChI=1S/C23H28Cl2FN3O4S/c1-4-12-27-23(31)20(5-2)28(14-16-10-11-17(24)13-18(16)25)22(30)15-29(34(3,32)33)21-9-7-6-8-19(21)26/h6-11,13,20H,4-5,12,14-15H2,1-3H3,(H,27,31). The van der Waals surface area contributed by atoms with Gasteiger partial charge in [-0.25, -0.2) is 12.8 Å². The molecule has 186 valence electrons. The van der Waals surface area contributed by atoms with Crippen LogP contribution in [0.3, 0.4) is 0 Å². The number of amides is 2. The quantitative estimate of drug-likeness (QED) is 0.469. The number of carbonyl (C=O) groups is 2. The van der Waals surface area contributed by atoms with E-state index < -0.39 is 34.3 Å². The van der Waals surface area contributed by atoms with Gasteiger partial charge in [0.05, 0.1) is 11.9 Å². The average molecular weight is 532 g/mol. The van der Waals surface area contributed by atoms with Gasteiger partial charge in [-0.05, 0) is 42.7 Å². The van der Waals surface area contributed by atoms with E-state index >= 15 is 0 Å². The molecule has 0 aliphatic carbocycles. The maximum atomic E-state index is 14.4. The van der Waals surface area contributed by atoms with Crippen LogP contribution in [0.25, 0.3) is 0 Å². The van der Waals surface area contributed by atoms with E-state index in [1.54, 1.807) is 19.1 Å². The first kappa shape index (κ1) is 27.9. The summed E-state index contributed by atoms with van der Waals surface area (Å²) in [4.78, 5) is 27.6. The van der Waals surface area contributed by atoms with Gasteiger partial charge in [-0.3, -0.25) is 13.9 Å². The lowest BCUT2D eigenvalue weighted by Crippen LogP contribution is -2.52. The SMILES string of the molecule is CCCNC(=O)C(CC)N(Cc1ccc(Cl)cc1Cl)C(=O)CN(c1ccccc1F)S(C)(=O)=O. The number of rotatable bonds is 11. The molecule has 1 atom stereocenters. The van der Waals surface area contributed by atoms with Gasteiger partial charge in [-0.2, -0.15) is 0 Å². The molecule has 1 N–H and O–H groups in total. The predicted octanol–water partition coefficient (Wildman–Crippen LogP) is 4.23. The minimum atomic E-state index is -4.02. The van der Waals surface area contributed by atoms with Crippen molar-refractivity contribution in [1.29, 1.82) is 0 Å². The van der Waals surface area contributed by atoms with Crippen LogP contribution in [0.5, 0.6) is 0 Å².